The minimum Gasteiger partial charge on any atom is -0.480 e. The Morgan fingerprint density at radius 2 is 2.24 bits per heavy atom. The lowest BCUT2D eigenvalue weighted by Crippen LogP contribution is -2.48. The Bertz CT molecular complexity index is 306. The summed E-state index contributed by atoms with van der Waals surface area (Å²) < 4.78 is 0. The number of rotatable bonds is 5. The van der Waals surface area contributed by atoms with Crippen LogP contribution < -0.4 is 0 Å². The van der Waals surface area contributed by atoms with Crippen molar-refractivity contribution in [3.05, 3.63) is 12.7 Å². The van der Waals surface area contributed by atoms with Gasteiger partial charge in [0.25, 0.3) is 0 Å². The summed E-state index contributed by atoms with van der Waals surface area (Å²) in [5.74, 6) is -0.974. The predicted octanol–water partition coefficient (Wildman–Crippen LogP) is 0.136. The molecule has 0 aliphatic carbocycles. The summed E-state index contributed by atoms with van der Waals surface area (Å²) in [5.41, 5.74) is 0. The van der Waals surface area contributed by atoms with Gasteiger partial charge in [-0.3, -0.25) is 0 Å². The Morgan fingerprint density at radius 1 is 1.53 bits per heavy atom. The van der Waals surface area contributed by atoms with Crippen LogP contribution in [0.15, 0.2) is 12.7 Å². The van der Waals surface area contributed by atoms with Crippen LogP contribution in [-0.4, -0.2) is 64.3 Å². The van der Waals surface area contributed by atoms with Gasteiger partial charge in [0.05, 0.1) is 6.61 Å². The lowest BCUT2D eigenvalue weighted by molar-refractivity contribution is -0.141. The van der Waals surface area contributed by atoms with Gasteiger partial charge in [0, 0.05) is 19.6 Å². The van der Waals surface area contributed by atoms with E-state index in [1.165, 1.54) is 9.80 Å². The number of aliphatic hydroxyl groups excluding tert-OH is 1. The Hall–Kier alpha value is -1.56. The molecule has 2 N–H and O–H groups in total. The Kier molecular flexibility index (Phi) is 4.96. The van der Waals surface area contributed by atoms with Gasteiger partial charge in [-0.2, -0.15) is 0 Å². The number of carboxylic acids is 1. The van der Waals surface area contributed by atoms with E-state index in [9.17, 15) is 9.59 Å². The van der Waals surface area contributed by atoms with Gasteiger partial charge in [0.2, 0.25) is 0 Å². The van der Waals surface area contributed by atoms with Crippen molar-refractivity contribution in [2.75, 3.05) is 26.2 Å². The second kappa shape index (κ2) is 6.24. The third kappa shape index (κ3) is 3.20. The molecule has 0 aromatic heterocycles. The minimum absolute atomic E-state index is 0.148. The SMILES string of the molecule is C=CCN(CCO)C(=O)N1CCC[C@@H]1C(=O)O. The van der Waals surface area contributed by atoms with E-state index >= 15 is 0 Å². The zero-order chi connectivity index (χ0) is 12.8. The van der Waals surface area contributed by atoms with Gasteiger partial charge >= 0.3 is 12.0 Å². The number of hydrogen-bond acceptors (Lipinski definition) is 3. The quantitative estimate of drug-likeness (QED) is 0.672. The van der Waals surface area contributed by atoms with Crippen molar-refractivity contribution in [2.45, 2.75) is 18.9 Å². The standard InChI is InChI=1S/C11H18N2O4/c1-2-5-12(7-8-14)11(17)13-6-3-4-9(13)10(15)16/h2,9,14H,1,3-8H2,(H,15,16)/t9-/m1/s1. The summed E-state index contributed by atoms with van der Waals surface area (Å²) in [4.78, 5) is 25.8. The first-order valence-corrected chi connectivity index (χ1v) is 5.62. The highest BCUT2D eigenvalue weighted by molar-refractivity contribution is 5.83. The van der Waals surface area contributed by atoms with Crippen molar-refractivity contribution in [1.82, 2.24) is 9.80 Å². The summed E-state index contributed by atoms with van der Waals surface area (Å²) in [5, 5.41) is 17.9. The smallest absolute Gasteiger partial charge is 0.326 e. The van der Waals surface area contributed by atoms with Crippen molar-refractivity contribution >= 4 is 12.0 Å². The number of nitrogens with zero attached hydrogens (tertiary/aromatic N) is 2. The third-order valence-corrected chi connectivity index (χ3v) is 2.77. The first-order valence-electron chi connectivity index (χ1n) is 5.62. The van der Waals surface area contributed by atoms with Crippen molar-refractivity contribution in [3.8, 4) is 0 Å². The van der Waals surface area contributed by atoms with Crippen molar-refractivity contribution in [3.63, 3.8) is 0 Å². The average Bonchev–Trinajstić information content (AvgIpc) is 2.76. The van der Waals surface area contributed by atoms with Gasteiger partial charge in [-0.25, -0.2) is 9.59 Å². The van der Waals surface area contributed by atoms with Gasteiger partial charge in [-0.15, -0.1) is 6.58 Å². The topological polar surface area (TPSA) is 81.1 Å². The normalized spacial score (nSPS) is 19.1. The van der Waals surface area contributed by atoms with E-state index in [1.54, 1.807) is 6.08 Å². The number of aliphatic carboxylic acids is 1. The predicted molar refractivity (Wildman–Crippen MR) is 61.6 cm³/mol. The molecule has 6 nitrogen and oxygen atoms in total. The van der Waals surface area contributed by atoms with E-state index in [4.69, 9.17) is 10.2 Å². The summed E-state index contributed by atoms with van der Waals surface area (Å²) in [6.07, 6.45) is 2.74. The molecule has 0 saturated carbocycles. The molecular formula is C11H18N2O4. The molecule has 1 fully saturated rings. The second-order valence-corrected chi connectivity index (χ2v) is 3.93. The lowest BCUT2D eigenvalue weighted by atomic mass is 10.2. The first-order chi connectivity index (χ1) is 8.11. The number of carbonyl (C=O) groups excluding carboxylic acids is 1. The molecule has 0 unspecified atom stereocenters. The van der Waals surface area contributed by atoms with E-state index in [2.05, 4.69) is 6.58 Å². The molecule has 17 heavy (non-hydrogen) atoms. The number of carboxylic acid groups (broad SMARTS) is 1. The van der Waals surface area contributed by atoms with Crippen LogP contribution in [0.4, 0.5) is 4.79 Å². The third-order valence-electron chi connectivity index (χ3n) is 2.77. The Labute approximate surface area is 100 Å². The van der Waals surface area contributed by atoms with Crippen LogP contribution in [-0.2, 0) is 4.79 Å². The van der Waals surface area contributed by atoms with Crippen LogP contribution in [0.25, 0.3) is 0 Å². The number of amides is 2. The fourth-order valence-corrected chi connectivity index (χ4v) is 1.98. The van der Waals surface area contributed by atoms with Crippen LogP contribution in [0.3, 0.4) is 0 Å². The average molecular weight is 242 g/mol. The van der Waals surface area contributed by atoms with E-state index in [0.29, 0.717) is 25.9 Å². The highest BCUT2D eigenvalue weighted by atomic mass is 16.4. The monoisotopic (exact) mass is 242 g/mol. The number of urea groups is 1. The number of likely N-dealkylation sites (tertiary alicyclic amines) is 1. The summed E-state index contributed by atoms with van der Waals surface area (Å²) in [7, 11) is 0. The molecule has 1 aliphatic rings. The van der Waals surface area contributed by atoms with Crippen LogP contribution >= 0.6 is 0 Å². The number of hydrogen-bond donors (Lipinski definition) is 2. The van der Waals surface area contributed by atoms with Crippen molar-refractivity contribution < 1.29 is 19.8 Å². The van der Waals surface area contributed by atoms with Crippen LogP contribution in [0.1, 0.15) is 12.8 Å². The molecule has 1 heterocycles. The van der Waals surface area contributed by atoms with E-state index in [-0.39, 0.29) is 19.2 Å². The molecule has 0 aromatic carbocycles. The van der Waals surface area contributed by atoms with Crippen LogP contribution in [0, 0.1) is 0 Å². The van der Waals surface area contributed by atoms with Gasteiger partial charge in [0.15, 0.2) is 0 Å². The Morgan fingerprint density at radius 3 is 2.76 bits per heavy atom. The molecule has 0 bridgehead atoms. The molecule has 1 rings (SSSR count). The highest BCUT2D eigenvalue weighted by Gasteiger charge is 2.35. The minimum atomic E-state index is -0.974. The molecule has 0 radical (unpaired) electrons. The first kappa shape index (κ1) is 13.5. The maximum Gasteiger partial charge on any atom is 0.326 e. The molecular weight excluding hydrogens is 224 g/mol. The van der Waals surface area contributed by atoms with Crippen molar-refractivity contribution in [2.24, 2.45) is 0 Å². The maximum absolute atomic E-state index is 12.1. The summed E-state index contributed by atoms with van der Waals surface area (Å²) in [6, 6.07) is -1.09. The van der Waals surface area contributed by atoms with E-state index in [0.717, 1.165) is 0 Å². The molecule has 1 aliphatic heterocycles. The maximum atomic E-state index is 12.1. The fraction of sp³-hybridized carbons (Fsp3) is 0.636. The van der Waals surface area contributed by atoms with Gasteiger partial charge in [-0.1, -0.05) is 6.08 Å². The molecule has 0 spiro atoms. The largest absolute Gasteiger partial charge is 0.480 e. The number of carbonyl (C=O) groups is 2. The van der Waals surface area contributed by atoms with Gasteiger partial charge in [-0.05, 0) is 12.8 Å². The van der Waals surface area contributed by atoms with E-state index < -0.39 is 12.0 Å². The summed E-state index contributed by atoms with van der Waals surface area (Å²) >= 11 is 0. The van der Waals surface area contributed by atoms with E-state index in [1.807, 2.05) is 0 Å². The zero-order valence-corrected chi connectivity index (χ0v) is 9.71. The molecule has 96 valence electrons. The second-order valence-electron chi connectivity index (χ2n) is 3.93. The molecule has 2 amide bonds. The summed E-state index contributed by atoms with van der Waals surface area (Å²) in [6.45, 7) is 4.34. The van der Waals surface area contributed by atoms with Gasteiger partial charge < -0.3 is 20.0 Å². The fourth-order valence-electron chi connectivity index (χ4n) is 1.98. The van der Waals surface area contributed by atoms with Crippen molar-refractivity contribution in [1.29, 1.82) is 0 Å². The van der Waals surface area contributed by atoms with Crippen LogP contribution in [0.5, 0.6) is 0 Å². The molecule has 1 saturated heterocycles. The highest BCUT2D eigenvalue weighted by Crippen LogP contribution is 2.19. The lowest BCUT2D eigenvalue weighted by Gasteiger charge is -2.29. The number of aliphatic hydroxyl groups is 1. The van der Waals surface area contributed by atoms with Crippen LogP contribution in [0.2, 0.25) is 0 Å². The Balaban J connectivity index is 2.71. The molecule has 0 aromatic rings. The van der Waals surface area contributed by atoms with Gasteiger partial charge in [0.1, 0.15) is 6.04 Å². The molecule has 1 atom stereocenters. The molecule has 6 heteroatoms. The zero-order valence-electron chi connectivity index (χ0n) is 9.71.